The van der Waals surface area contributed by atoms with Crippen LogP contribution in [-0.2, 0) is 19.4 Å². The van der Waals surface area contributed by atoms with Crippen LogP contribution >= 0.6 is 0 Å². The molecule has 1 aliphatic rings. The molecule has 19 heavy (non-hydrogen) atoms. The number of carbonyl (C=O) groups excluding carboxylic acids is 1. The Hall–Kier alpha value is -1.84. The number of hydrogen-bond donors (Lipinski definition) is 4. The second-order valence-corrected chi connectivity index (χ2v) is 6.44. The Labute approximate surface area is 108 Å². The molecule has 1 fully saturated rings. The number of hydrogen-bond acceptors (Lipinski definition) is 5. The molecule has 1 rings (SSSR count). The molecule has 108 valence electrons. The molecule has 1 aliphatic heterocycles. The fourth-order valence-corrected chi connectivity index (χ4v) is 3.34. The van der Waals surface area contributed by atoms with Gasteiger partial charge in [0.2, 0.25) is 0 Å². The Bertz CT molecular complexity index is 487. The van der Waals surface area contributed by atoms with Crippen LogP contribution in [0.4, 0.5) is 4.79 Å². The molecule has 0 aliphatic carbocycles. The maximum atomic E-state index is 11.4. The molecule has 4 N–H and O–H groups in total. The number of sulfone groups is 1. The van der Waals surface area contributed by atoms with Crippen LogP contribution in [0.1, 0.15) is 12.8 Å². The molecule has 0 bridgehead atoms. The molecule has 9 nitrogen and oxygen atoms in total. The summed E-state index contributed by atoms with van der Waals surface area (Å²) in [5, 5.41) is 21.5. The molecular weight excluding hydrogens is 280 g/mol. The first kappa shape index (κ1) is 15.2. The van der Waals surface area contributed by atoms with Crippen molar-refractivity contribution in [1.82, 2.24) is 10.6 Å². The molecule has 1 saturated heterocycles. The number of nitrogens with one attached hydrogen (secondary N) is 2. The van der Waals surface area contributed by atoms with Gasteiger partial charge in [-0.15, -0.1) is 0 Å². The van der Waals surface area contributed by atoms with E-state index in [4.69, 9.17) is 10.2 Å². The lowest BCUT2D eigenvalue weighted by Crippen LogP contribution is -2.50. The van der Waals surface area contributed by atoms with Gasteiger partial charge < -0.3 is 20.8 Å². The normalized spacial score (nSPS) is 22.4. The zero-order valence-electron chi connectivity index (χ0n) is 9.83. The lowest BCUT2D eigenvalue weighted by atomic mass is 10.2. The van der Waals surface area contributed by atoms with E-state index in [1.54, 1.807) is 0 Å². The molecule has 0 spiro atoms. The molecule has 0 radical (unpaired) electrons. The minimum absolute atomic E-state index is 0.0323. The number of urea groups is 1. The van der Waals surface area contributed by atoms with Crippen LogP contribution in [0.5, 0.6) is 0 Å². The highest BCUT2D eigenvalue weighted by molar-refractivity contribution is 7.91. The monoisotopic (exact) mass is 294 g/mol. The Kier molecular flexibility index (Phi) is 4.70. The number of rotatable bonds is 5. The number of carbonyl (C=O) groups is 3. The smallest absolute Gasteiger partial charge is 0.326 e. The van der Waals surface area contributed by atoms with Gasteiger partial charge in [-0.2, -0.15) is 0 Å². The minimum atomic E-state index is -3.16. The summed E-state index contributed by atoms with van der Waals surface area (Å²) in [5.74, 6) is -3.07. The van der Waals surface area contributed by atoms with Crippen LogP contribution < -0.4 is 10.6 Å². The van der Waals surface area contributed by atoms with Crippen molar-refractivity contribution >= 4 is 27.8 Å². The van der Waals surface area contributed by atoms with Gasteiger partial charge in [0.15, 0.2) is 9.84 Å². The van der Waals surface area contributed by atoms with E-state index in [0.717, 1.165) is 0 Å². The van der Waals surface area contributed by atoms with Gasteiger partial charge in [-0.3, -0.25) is 4.79 Å². The summed E-state index contributed by atoms with van der Waals surface area (Å²) in [6, 6.07) is -3.03. The first-order valence-electron chi connectivity index (χ1n) is 5.41. The standard InChI is InChI=1S/C9H14N2O7S/c12-7(13)3-6(8(14)15)11-9(16)10-5-1-2-19(17,18)4-5/h5-6H,1-4H2,(H,12,13)(H,14,15)(H2,10,11,16). The van der Waals surface area contributed by atoms with E-state index < -0.39 is 46.3 Å². The van der Waals surface area contributed by atoms with Gasteiger partial charge in [-0.05, 0) is 6.42 Å². The number of amides is 2. The van der Waals surface area contributed by atoms with Crippen LogP contribution in [0.25, 0.3) is 0 Å². The molecule has 0 aromatic rings. The van der Waals surface area contributed by atoms with E-state index in [0.29, 0.717) is 0 Å². The average Bonchev–Trinajstić information content (AvgIpc) is 2.56. The first-order chi connectivity index (χ1) is 8.69. The minimum Gasteiger partial charge on any atom is -0.481 e. The largest absolute Gasteiger partial charge is 0.481 e. The van der Waals surface area contributed by atoms with E-state index in [9.17, 15) is 22.8 Å². The molecule has 2 unspecified atom stereocenters. The molecular formula is C9H14N2O7S. The summed E-state index contributed by atoms with van der Waals surface area (Å²) in [7, 11) is -3.16. The predicted molar refractivity (Wildman–Crippen MR) is 62.4 cm³/mol. The fourth-order valence-electron chi connectivity index (χ4n) is 1.67. The van der Waals surface area contributed by atoms with E-state index in [1.165, 1.54) is 0 Å². The van der Waals surface area contributed by atoms with Gasteiger partial charge in [0.25, 0.3) is 0 Å². The van der Waals surface area contributed by atoms with Crippen molar-refractivity contribution in [3.8, 4) is 0 Å². The van der Waals surface area contributed by atoms with Gasteiger partial charge >= 0.3 is 18.0 Å². The lowest BCUT2D eigenvalue weighted by molar-refractivity contribution is -0.145. The molecule has 0 aromatic heterocycles. The highest BCUT2D eigenvalue weighted by Gasteiger charge is 2.30. The van der Waals surface area contributed by atoms with Gasteiger partial charge in [0.1, 0.15) is 6.04 Å². The maximum absolute atomic E-state index is 11.4. The second kappa shape index (κ2) is 5.87. The Balaban J connectivity index is 2.49. The van der Waals surface area contributed by atoms with Gasteiger partial charge in [0.05, 0.1) is 17.9 Å². The highest BCUT2D eigenvalue weighted by Crippen LogP contribution is 2.10. The van der Waals surface area contributed by atoms with Crippen LogP contribution in [-0.4, -0.2) is 60.2 Å². The number of carboxylic acids is 2. The van der Waals surface area contributed by atoms with E-state index >= 15 is 0 Å². The van der Waals surface area contributed by atoms with E-state index in [-0.39, 0.29) is 17.9 Å². The number of aliphatic carboxylic acids is 2. The predicted octanol–water partition coefficient (Wildman–Crippen LogP) is -1.60. The highest BCUT2D eigenvalue weighted by atomic mass is 32.2. The summed E-state index contributed by atoms with van der Waals surface area (Å²) in [5.41, 5.74) is 0. The zero-order chi connectivity index (χ0) is 14.6. The molecule has 2 amide bonds. The SMILES string of the molecule is O=C(O)CC(NC(=O)NC1CCS(=O)(=O)C1)C(=O)O. The summed E-state index contributed by atoms with van der Waals surface area (Å²) in [6.07, 6.45) is -0.502. The fraction of sp³-hybridized carbons (Fsp3) is 0.667. The Morgan fingerprint density at radius 3 is 2.32 bits per heavy atom. The van der Waals surface area contributed by atoms with Crippen LogP contribution in [0.3, 0.4) is 0 Å². The van der Waals surface area contributed by atoms with Crippen molar-refractivity contribution in [3.63, 3.8) is 0 Å². The topological polar surface area (TPSA) is 150 Å². The van der Waals surface area contributed by atoms with Crippen molar-refractivity contribution in [2.45, 2.75) is 24.9 Å². The molecule has 1 heterocycles. The van der Waals surface area contributed by atoms with Gasteiger partial charge in [0, 0.05) is 6.04 Å². The van der Waals surface area contributed by atoms with Gasteiger partial charge in [-0.1, -0.05) is 0 Å². The van der Waals surface area contributed by atoms with E-state index in [2.05, 4.69) is 5.32 Å². The summed E-state index contributed by atoms with van der Waals surface area (Å²) in [4.78, 5) is 32.6. The van der Waals surface area contributed by atoms with E-state index in [1.807, 2.05) is 5.32 Å². The third-order valence-electron chi connectivity index (χ3n) is 2.55. The first-order valence-corrected chi connectivity index (χ1v) is 7.24. The lowest BCUT2D eigenvalue weighted by Gasteiger charge is -2.15. The average molecular weight is 294 g/mol. The third kappa shape index (κ3) is 5.12. The summed E-state index contributed by atoms with van der Waals surface area (Å²) in [6.45, 7) is 0. The second-order valence-electron chi connectivity index (χ2n) is 4.21. The van der Waals surface area contributed by atoms with Crippen LogP contribution in [0, 0.1) is 0 Å². The molecule has 0 aromatic carbocycles. The molecule has 0 saturated carbocycles. The Morgan fingerprint density at radius 1 is 1.26 bits per heavy atom. The van der Waals surface area contributed by atoms with Gasteiger partial charge in [-0.25, -0.2) is 18.0 Å². The quantitative estimate of drug-likeness (QED) is 0.477. The van der Waals surface area contributed by atoms with Crippen molar-refractivity contribution in [1.29, 1.82) is 0 Å². The van der Waals surface area contributed by atoms with Crippen molar-refractivity contribution in [2.75, 3.05) is 11.5 Å². The molecule has 2 atom stereocenters. The van der Waals surface area contributed by atoms with Crippen molar-refractivity contribution in [3.05, 3.63) is 0 Å². The summed E-state index contributed by atoms with van der Waals surface area (Å²) >= 11 is 0. The van der Waals surface area contributed by atoms with Crippen molar-refractivity contribution in [2.24, 2.45) is 0 Å². The molecule has 10 heteroatoms. The van der Waals surface area contributed by atoms with Crippen LogP contribution in [0.15, 0.2) is 0 Å². The third-order valence-corrected chi connectivity index (χ3v) is 4.32. The number of carboxylic acid groups (broad SMARTS) is 2. The zero-order valence-corrected chi connectivity index (χ0v) is 10.6. The Morgan fingerprint density at radius 2 is 1.89 bits per heavy atom. The maximum Gasteiger partial charge on any atom is 0.326 e. The summed E-state index contributed by atoms with van der Waals surface area (Å²) < 4.78 is 22.3. The van der Waals surface area contributed by atoms with Crippen LogP contribution in [0.2, 0.25) is 0 Å². The van der Waals surface area contributed by atoms with Crippen molar-refractivity contribution < 1.29 is 33.0 Å².